The van der Waals surface area contributed by atoms with E-state index >= 15 is 0 Å². The molecule has 3 aromatic heterocycles. The average molecular weight is 449 g/mol. The molecule has 0 spiro atoms. The number of carbonyl (C=O) groups is 1. The number of hydrogen-bond acceptors (Lipinski definition) is 5. The molecular formula is C18H21ClF4N6O. The van der Waals surface area contributed by atoms with E-state index in [9.17, 15) is 22.4 Å². The highest BCUT2D eigenvalue weighted by Crippen LogP contribution is 2.30. The highest BCUT2D eigenvalue weighted by molar-refractivity contribution is 6.31. The van der Waals surface area contributed by atoms with Crippen LogP contribution in [0.25, 0.3) is 22.4 Å². The van der Waals surface area contributed by atoms with Gasteiger partial charge in [0, 0.05) is 33.2 Å². The van der Waals surface area contributed by atoms with Gasteiger partial charge in [0.2, 0.25) is 5.91 Å². The number of aromatic amines is 1. The number of pyridine rings is 1. The fourth-order valence-electron chi connectivity index (χ4n) is 2.70. The zero-order chi connectivity index (χ0) is 22.3. The number of hydrogen-bond donors (Lipinski definition) is 2. The molecule has 0 aliphatic rings. The summed E-state index contributed by atoms with van der Waals surface area (Å²) in [6, 6.07) is 1.64. The average Bonchev–Trinajstić information content (AvgIpc) is 3.08. The number of nitrogens with zero attached hydrogens (tertiary/aromatic N) is 4. The monoisotopic (exact) mass is 448 g/mol. The molecule has 164 valence electrons. The van der Waals surface area contributed by atoms with E-state index in [0.717, 1.165) is 11.1 Å². The van der Waals surface area contributed by atoms with Gasteiger partial charge in [-0.1, -0.05) is 11.6 Å². The summed E-state index contributed by atoms with van der Waals surface area (Å²) < 4.78 is 51.8. The highest BCUT2D eigenvalue weighted by atomic mass is 35.5. The van der Waals surface area contributed by atoms with Gasteiger partial charge in [0.1, 0.15) is 17.7 Å². The molecule has 0 aromatic carbocycles. The van der Waals surface area contributed by atoms with Gasteiger partial charge >= 0.3 is 6.18 Å². The van der Waals surface area contributed by atoms with Crippen LogP contribution in [0.2, 0.25) is 5.02 Å². The third-order valence-electron chi connectivity index (χ3n) is 4.63. The molecule has 12 heteroatoms. The summed E-state index contributed by atoms with van der Waals surface area (Å²) in [5.41, 5.74) is -0.527. The van der Waals surface area contributed by atoms with Crippen LogP contribution in [0.1, 0.15) is 16.7 Å². The van der Waals surface area contributed by atoms with Gasteiger partial charge in [-0.15, -0.1) is 0 Å². The summed E-state index contributed by atoms with van der Waals surface area (Å²) >= 11 is 5.99. The number of H-pyrrole nitrogens is 1. The summed E-state index contributed by atoms with van der Waals surface area (Å²) in [7, 11) is 1.36. The Labute approximate surface area is 176 Å². The lowest BCUT2D eigenvalue weighted by Gasteiger charge is -2.35. The molecule has 0 aliphatic carbocycles. The minimum atomic E-state index is -4.57. The van der Waals surface area contributed by atoms with Crippen molar-refractivity contribution in [2.45, 2.75) is 25.6 Å². The van der Waals surface area contributed by atoms with Crippen molar-refractivity contribution in [3.8, 4) is 11.4 Å². The lowest BCUT2D eigenvalue weighted by Crippen LogP contribution is -2.55. The lowest BCUT2D eigenvalue weighted by atomic mass is 10.0. The van der Waals surface area contributed by atoms with Gasteiger partial charge < -0.3 is 15.2 Å². The standard InChI is InChI=1S/C18H17ClF4N6O.2H2/c1-17(2,16(30)27-8-18(21,22)23)29(3)15-12(20)7-26-14(28-15)11-6-25-13-10(11)4-9(19)5-24-13;;/h4-7H,8H2,1-3H3,(H,24,25)(H,27,30);2*1H. The molecule has 0 radical (unpaired) electrons. The number of aromatic nitrogens is 4. The Balaban J connectivity index is 0.00000256. The SMILES string of the molecule is CN(c1nc(-c2c[nH]c3ncc(Cl)cc23)ncc1F)C(C)(C)C(=O)NCC(F)(F)F.[HH].[HH]. The van der Waals surface area contributed by atoms with Crippen LogP contribution in [0.5, 0.6) is 0 Å². The fraction of sp³-hybridized carbons (Fsp3) is 0.333. The second-order valence-electron chi connectivity index (χ2n) is 7.03. The highest BCUT2D eigenvalue weighted by Gasteiger charge is 2.37. The smallest absolute Gasteiger partial charge is 0.345 e. The van der Waals surface area contributed by atoms with E-state index < -0.39 is 30.0 Å². The van der Waals surface area contributed by atoms with Crippen molar-refractivity contribution in [3.63, 3.8) is 0 Å². The molecule has 7 nitrogen and oxygen atoms in total. The van der Waals surface area contributed by atoms with E-state index in [-0.39, 0.29) is 14.5 Å². The molecule has 0 fully saturated rings. The first-order valence-corrected chi connectivity index (χ1v) is 9.02. The Morgan fingerprint density at radius 1 is 1.30 bits per heavy atom. The normalized spacial score (nSPS) is 12.3. The Hall–Kier alpha value is -2.95. The van der Waals surface area contributed by atoms with Crippen molar-refractivity contribution in [1.82, 2.24) is 25.3 Å². The predicted octanol–water partition coefficient (Wildman–Crippen LogP) is 4.20. The van der Waals surface area contributed by atoms with Crippen LogP contribution in [-0.2, 0) is 4.79 Å². The van der Waals surface area contributed by atoms with Crippen LogP contribution in [0.15, 0.2) is 24.7 Å². The first kappa shape index (κ1) is 21.8. The van der Waals surface area contributed by atoms with E-state index in [1.807, 2.05) is 0 Å². The maximum atomic E-state index is 14.5. The molecule has 0 saturated carbocycles. The predicted molar refractivity (Wildman–Crippen MR) is 108 cm³/mol. The van der Waals surface area contributed by atoms with E-state index in [0.29, 0.717) is 21.6 Å². The first-order chi connectivity index (χ1) is 13.9. The molecule has 0 atom stereocenters. The van der Waals surface area contributed by atoms with Crippen LogP contribution < -0.4 is 10.2 Å². The van der Waals surface area contributed by atoms with Gasteiger partial charge in [0.05, 0.1) is 11.2 Å². The number of halogens is 5. The lowest BCUT2D eigenvalue weighted by molar-refractivity contribution is -0.140. The molecule has 1 amide bonds. The molecule has 3 rings (SSSR count). The van der Waals surface area contributed by atoms with Crippen LogP contribution >= 0.6 is 11.6 Å². The van der Waals surface area contributed by atoms with Crippen molar-refractivity contribution < 1.29 is 25.2 Å². The molecular weight excluding hydrogens is 428 g/mol. The fourth-order valence-corrected chi connectivity index (χ4v) is 2.86. The van der Waals surface area contributed by atoms with Gasteiger partial charge in [-0.05, 0) is 19.9 Å². The number of rotatable bonds is 5. The molecule has 0 aliphatic heterocycles. The topological polar surface area (TPSA) is 86.8 Å². The van der Waals surface area contributed by atoms with E-state index in [1.54, 1.807) is 17.6 Å². The number of fused-ring (bicyclic) bond motifs is 1. The summed E-state index contributed by atoms with van der Waals surface area (Å²) in [4.78, 5) is 28.7. The summed E-state index contributed by atoms with van der Waals surface area (Å²) in [6.07, 6.45) is -0.611. The van der Waals surface area contributed by atoms with Gasteiger partial charge in [-0.25, -0.2) is 19.3 Å². The minimum Gasteiger partial charge on any atom is -0.345 e. The van der Waals surface area contributed by atoms with Crippen LogP contribution in [0, 0.1) is 5.82 Å². The number of amides is 1. The summed E-state index contributed by atoms with van der Waals surface area (Å²) in [6.45, 7) is 1.22. The van der Waals surface area contributed by atoms with Gasteiger partial charge in [-0.3, -0.25) is 4.79 Å². The van der Waals surface area contributed by atoms with Gasteiger partial charge in [-0.2, -0.15) is 13.2 Å². The number of nitrogens with one attached hydrogen (secondary N) is 2. The number of likely N-dealkylation sites (N-methyl/N-ethyl adjacent to an activating group) is 1. The number of carbonyl (C=O) groups excluding carboxylic acids is 1. The van der Waals surface area contributed by atoms with Crippen LogP contribution in [-0.4, -0.2) is 51.2 Å². The number of anilines is 1. The Morgan fingerprint density at radius 2 is 2.00 bits per heavy atom. The van der Waals surface area contributed by atoms with Crippen molar-refractivity contribution in [1.29, 1.82) is 0 Å². The molecule has 0 saturated heterocycles. The van der Waals surface area contributed by atoms with Crippen LogP contribution in [0.4, 0.5) is 23.4 Å². The zero-order valence-corrected chi connectivity index (χ0v) is 16.9. The third-order valence-corrected chi connectivity index (χ3v) is 4.83. The third kappa shape index (κ3) is 4.30. The Bertz CT molecular complexity index is 1110. The summed E-state index contributed by atoms with van der Waals surface area (Å²) in [5, 5.41) is 2.79. The van der Waals surface area contributed by atoms with E-state index in [4.69, 9.17) is 11.6 Å². The molecule has 30 heavy (non-hydrogen) atoms. The van der Waals surface area contributed by atoms with Crippen molar-refractivity contribution >= 4 is 34.4 Å². The van der Waals surface area contributed by atoms with Crippen molar-refractivity contribution in [2.24, 2.45) is 0 Å². The second-order valence-corrected chi connectivity index (χ2v) is 7.47. The van der Waals surface area contributed by atoms with Gasteiger partial charge in [0.25, 0.3) is 0 Å². The molecule has 3 heterocycles. The summed E-state index contributed by atoms with van der Waals surface area (Å²) in [5.74, 6) is -1.91. The number of alkyl halides is 3. The Morgan fingerprint density at radius 3 is 2.67 bits per heavy atom. The van der Waals surface area contributed by atoms with Crippen molar-refractivity contribution in [3.05, 3.63) is 35.5 Å². The Kier molecular flexibility index (Phi) is 5.59. The minimum absolute atomic E-state index is 0. The van der Waals surface area contributed by atoms with Crippen molar-refractivity contribution in [2.75, 3.05) is 18.5 Å². The first-order valence-electron chi connectivity index (χ1n) is 8.64. The van der Waals surface area contributed by atoms with Crippen LogP contribution in [0.3, 0.4) is 0 Å². The maximum Gasteiger partial charge on any atom is 0.405 e. The maximum absolute atomic E-state index is 14.5. The molecule has 0 bridgehead atoms. The quantitative estimate of drug-likeness (QED) is 0.571. The molecule has 0 unspecified atom stereocenters. The second kappa shape index (κ2) is 7.71. The molecule has 3 aromatic rings. The zero-order valence-electron chi connectivity index (χ0n) is 16.1. The van der Waals surface area contributed by atoms with E-state index in [2.05, 4.69) is 19.9 Å². The largest absolute Gasteiger partial charge is 0.405 e. The van der Waals surface area contributed by atoms with E-state index in [1.165, 1.54) is 27.1 Å². The van der Waals surface area contributed by atoms with Gasteiger partial charge in [0.15, 0.2) is 17.5 Å². The molecule has 2 N–H and O–H groups in total.